The minimum absolute atomic E-state index is 1.13. The SMILES string of the molecule is CCCCCCN(CCCC)Cc1c(C)c(C)c(CN(CCCC)CCCCCC)c(C)c1C. The van der Waals surface area contributed by atoms with Crippen molar-refractivity contribution in [2.24, 2.45) is 0 Å². The van der Waals surface area contributed by atoms with Gasteiger partial charge in [0.05, 0.1) is 0 Å². The fraction of sp³-hybridized carbons (Fsp3) is 0.812. The third-order valence-electron chi connectivity index (χ3n) is 8.01. The number of unbranched alkanes of at least 4 members (excludes halogenated alkanes) is 8. The molecule has 2 heteroatoms. The molecule has 34 heavy (non-hydrogen) atoms. The van der Waals surface area contributed by atoms with E-state index in [1.807, 2.05) is 0 Å². The van der Waals surface area contributed by atoms with Crippen LogP contribution in [0.5, 0.6) is 0 Å². The Labute approximate surface area is 214 Å². The first-order chi connectivity index (χ1) is 16.4. The predicted molar refractivity (Wildman–Crippen MR) is 154 cm³/mol. The van der Waals surface area contributed by atoms with E-state index in [0.29, 0.717) is 0 Å². The van der Waals surface area contributed by atoms with Gasteiger partial charge in [0.25, 0.3) is 0 Å². The van der Waals surface area contributed by atoms with Crippen LogP contribution >= 0.6 is 0 Å². The van der Waals surface area contributed by atoms with Gasteiger partial charge in [-0.1, -0.05) is 79.1 Å². The lowest BCUT2D eigenvalue weighted by Crippen LogP contribution is -2.28. The van der Waals surface area contributed by atoms with Crippen molar-refractivity contribution in [3.05, 3.63) is 33.4 Å². The Bertz CT molecular complexity index is 577. The van der Waals surface area contributed by atoms with Gasteiger partial charge in [-0.3, -0.25) is 9.80 Å². The highest BCUT2D eigenvalue weighted by Crippen LogP contribution is 2.29. The lowest BCUT2D eigenvalue weighted by Gasteiger charge is -2.29. The molecule has 0 saturated heterocycles. The quantitative estimate of drug-likeness (QED) is 0.174. The summed E-state index contributed by atoms with van der Waals surface area (Å²) in [5.74, 6) is 0. The lowest BCUT2D eigenvalue weighted by molar-refractivity contribution is 0.251. The molecule has 1 aromatic rings. The minimum atomic E-state index is 1.13. The molecule has 0 radical (unpaired) electrons. The number of rotatable bonds is 20. The maximum absolute atomic E-state index is 2.74. The van der Waals surface area contributed by atoms with Gasteiger partial charge in [0.15, 0.2) is 0 Å². The van der Waals surface area contributed by atoms with E-state index in [2.05, 4.69) is 65.2 Å². The summed E-state index contributed by atoms with van der Waals surface area (Å²) in [6, 6.07) is 0. The summed E-state index contributed by atoms with van der Waals surface area (Å²) in [4.78, 5) is 5.49. The van der Waals surface area contributed by atoms with Gasteiger partial charge >= 0.3 is 0 Å². The first-order valence-electron chi connectivity index (χ1n) is 14.9. The van der Waals surface area contributed by atoms with E-state index in [1.54, 1.807) is 33.4 Å². The van der Waals surface area contributed by atoms with E-state index in [0.717, 1.165) is 13.1 Å². The van der Waals surface area contributed by atoms with Gasteiger partial charge in [-0.25, -0.2) is 0 Å². The van der Waals surface area contributed by atoms with Gasteiger partial charge in [0.2, 0.25) is 0 Å². The highest BCUT2D eigenvalue weighted by Gasteiger charge is 2.19. The molecule has 0 spiro atoms. The Morgan fingerprint density at radius 1 is 0.382 bits per heavy atom. The molecule has 0 aliphatic heterocycles. The van der Waals surface area contributed by atoms with Crippen molar-refractivity contribution in [1.29, 1.82) is 0 Å². The molecule has 0 fully saturated rings. The monoisotopic (exact) mass is 472 g/mol. The summed E-state index contributed by atoms with van der Waals surface area (Å²) < 4.78 is 0. The van der Waals surface area contributed by atoms with Crippen LogP contribution in [0.2, 0.25) is 0 Å². The van der Waals surface area contributed by atoms with Crippen LogP contribution < -0.4 is 0 Å². The molecule has 0 aliphatic rings. The van der Waals surface area contributed by atoms with Gasteiger partial charge in [0, 0.05) is 13.1 Å². The van der Waals surface area contributed by atoms with Crippen molar-refractivity contribution in [3.63, 3.8) is 0 Å². The molecular formula is C32H60N2. The summed E-state index contributed by atoms with van der Waals surface area (Å²) in [6.45, 7) is 26.1. The number of hydrogen-bond acceptors (Lipinski definition) is 2. The van der Waals surface area contributed by atoms with Crippen molar-refractivity contribution >= 4 is 0 Å². The van der Waals surface area contributed by atoms with E-state index in [9.17, 15) is 0 Å². The smallest absolute Gasteiger partial charge is 0.0239 e. The first-order valence-corrected chi connectivity index (χ1v) is 14.9. The Hall–Kier alpha value is -0.860. The van der Waals surface area contributed by atoms with Crippen molar-refractivity contribution < 1.29 is 0 Å². The molecular weight excluding hydrogens is 412 g/mol. The second-order valence-electron chi connectivity index (χ2n) is 10.8. The van der Waals surface area contributed by atoms with Gasteiger partial charge in [-0.05, 0) is 113 Å². The van der Waals surface area contributed by atoms with Crippen LogP contribution in [0.1, 0.15) is 138 Å². The lowest BCUT2D eigenvalue weighted by atomic mass is 9.88. The van der Waals surface area contributed by atoms with Crippen LogP contribution in [0.25, 0.3) is 0 Å². The summed E-state index contributed by atoms with van der Waals surface area (Å²) in [7, 11) is 0. The third kappa shape index (κ3) is 10.8. The van der Waals surface area contributed by atoms with Gasteiger partial charge in [0.1, 0.15) is 0 Å². The maximum atomic E-state index is 2.74. The fourth-order valence-corrected chi connectivity index (χ4v) is 5.22. The molecule has 0 heterocycles. The third-order valence-corrected chi connectivity index (χ3v) is 8.01. The summed E-state index contributed by atoms with van der Waals surface area (Å²) in [5, 5.41) is 0. The standard InChI is InChI=1S/C32H60N2/c1-9-13-17-19-23-33(21-15-11-3)25-31-27(5)29(7)32(30(8)28(31)6)26-34(22-16-12-4)24-20-18-14-10-2/h9-26H2,1-8H3. The molecule has 0 aliphatic carbocycles. The Morgan fingerprint density at radius 2 is 0.676 bits per heavy atom. The second-order valence-corrected chi connectivity index (χ2v) is 10.8. The Kier molecular flexibility index (Phi) is 16.9. The van der Waals surface area contributed by atoms with E-state index >= 15 is 0 Å². The molecule has 1 rings (SSSR count). The maximum Gasteiger partial charge on any atom is 0.0239 e. The molecule has 2 nitrogen and oxygen atoms in total. The minimum Gasteiger partial charge on any atom is -0.299 e. The molecule has 0 N–H and O–H groups in total. The largest absolute Gasteiger partial charge is 0.299 e. The predicted octanol–water partition coefficient (Wildman–Crippen LogP) is 9.29. The molecule has 0 bridgehead atoms. The van der Waals surface area contributed by atoms with E-state index < -0.39 is 0 Å². The van der Waals surface area contributed by atoms with E-state index in [1.165, 1.54) is 103 Å². The van der Waals surface area contributed by atoms with Gasteiger partial charge in [-0.15, -0.1) is 0 Å². The van der Waals surface area contributed by atoms with Gasteiger partial charge < -0.3 is 0 Å². The zero-order valence-corrected chi connectivity index (χ0v) is 24.6. The van der Waals surface area contributed by atoms with Crippen molar-refractivity contribution in [2.75, 3.05) is 26.2 Å². The average Bonchev–Trinajstić information content (AvgIpc) is 2.84. The first kappa shape index (κ1) is 31.2. The van der Waals surface area contributed by atoms with Crippen LogP contribution in [-0.2, 0) is 13.1 Å². The van der Waals surface area contributed by atoms with Crippen molar-refractivity contribution in [3.8, 4) is 0 Å². The topological polar surface area (TPSA) is 6.48 Å². The highest BCUT2D eigenvalue weighted by molar-refractivity contribution is 5.50. The van der Waals surface area contributed by atoms with Crippen molar-refractivity contribution in [2.45, 2.75) is 146 Å². The summed E-state index contributed by atoms with van der Waals surface area (Å²) in [6.07, 6.45) is 16.0. The molecule has 198 valence electrons. The molecule has 0 saturated carbocycles. The van der Waals surface area contributed by atoms with E-state index in [4.69, 9.17) is 0 Å². The average molecular weight is 473 g/mol. The number of hydrogen-bond donors (Lipinski definition) is 0. The molecule has 0 unspecified atom stereocenters. The fourth-order valence-electron chi connectivity index (χ4n) is 5.22. The molecule has 1 aromatic carbocycles. The Balaban J connectivity index is 3.05. The summed E-state index contributed by atoms with van der Waals surface area (Å²) >= 11 is 0. The number of benzene rings is 1. The zero-order chi connectivity index (χ0) is 25.3. The second kappa shape index (κ2) is 18.4. The number of nitrogens with zero attached hydrogens (tertiary/aromatic N) is 2. The van der Waals surface area contributed by atoms with Crippen LogP contribution in [0.15, 0.2) is 0 Å². The van der Waals surface area contributed by atoms with Gasteiger partial charge in [-0.2, -0.15) is 0 Å². The molecule has 0 aromatic heterocycles. The Morgan fingerprint density at radius 3 is 0.971 bits per heavy atom. The van der Waals surface area contributed by atoms with Crippen LogP contribution in [-0.4, -0.2) is 36.0 Å². The van der Waals surface area contributed by atoms with Crippen molar-refractivity contribution in [1.82, 2.24) is 9.80 Å². The normalized spacial score (nSPS) is 11.8. The molecule has 0 amide bonds. The highest BCUT2D eigenvalue weighted by atomic mass is 15.1. The van der Waals surface area contributed by atoms with Crippen LogP contribution in [0.4, 0.5) is 0 Å². The van der Waals surface area contributed by atoms with Crippen LogP contribution in [0.3, 0.4) is 0 Å². The van der Waals surface area contributed by atoms with E-state index in [-0.39, 0.29) is 0 Å². The van der Waals surface area contributed by atoms with Crippen LogP contribution in [0, 0.1) is 27.7 Å². The molecule has 0 atom stereocenters. The summed E-state index contributed by atoms with van der Waals surface area (Å²) in [5.41, 5.74) is 9.41. The zero-order valence-electron chi connectivity index (χ0n) is 24.6.